The molecule has 148 valence electrons. The van der Waals surface area contributed by atoms with Crippen LogP contribution in [0.15, 0.2) is 48.7 Å². The fourth-order valence-corrected chi connectivity index (χ4v) is 4.67. The number of nitrogens with zero attached hydrogens (tertiary/aromatic N) is 4. The number of fused-ring (bicyclic) bond motifs is 1. The van der Waals surface area contributed by atoms with Gasteiger partial charge >= 0.3 is 6.03 Å². The molecule has 2 saturated heterocycles. The van der Waals surface area contributed by atoms with Crippen LogP contribution in [0.1, 0.15) is 17.3 Å². The fraction of sp³-hybridized carbons (Fsp3) is 0.455. The van der Waals surface area contributed by atoms with Crippen molar-refractivity contribution >= 4 is 6.03 Å². The first-order valence-electron chi connectivity index (χ1n) is 9.81. The first-order valence-corrected chi connectivity index (χ1v) is 9.81. The van der Waals surface area contributed by atoms with Crippen molar-refractivity contribution in [3.63, 3.8) is 0 Å². The van der Waals surface area contributed by atoms with Crippen molar-refractivity contribution in [2.24, 2.45) is 11.8 Å². The van der Waals surface area contributed by atoms with Crippen LogP contribution in [0.25, 0.3) is 0 Å². The molecular formula is C22H28N4O2. The Kier molecular flexibility index (Phi) is 5.22. The minimum absolute atomic E-state index is 0.0893. The normalized spacial score (nSPS) is 24.2. The maximum Gasteiger partial charge on any atom is 0.320 e. The number of ether oxygens (including phenoxy) is 1. The summed E-state index contributed by atoms with van der Waals surface area (Å²) in [7, 11) is 5.33. The van der Waals surface area contributed by atoms with Gasteiger partial charge in [-0.25, -0.2) is 4.79 Å². The molecule has 0 N–H and O–H groups in total. The van der Waals surface area contributed by atoms with Crippen LogP contribution >= 0.6 is 0 Å². The van der Waals surface area contributed by atoms with E-state index < -0.39 is 0 Å². The van der Waals surface area contributed by atoms with Crippen LogP contribution in [0.5, 0.6) is 5.75 Å². The van der Waals surface area contributed by atoms with E-state index in [9.17, 15) is 4.79 Å². The molecular weight excluding hydrogens is 352 g/mol. The average molecular weight is 380 g/mol. The maximum absolute atomic E-state index is 12.9. The van der Waals surface area contributed by atoms with Crippen LogP contribution in [0.4, 0.5) is 4.79 Å². The molecule has 1 aromatic heterocycles. The van der Waals surface area contributed by atoms with Gasteiger partial charge in [-0.3, -0.25) is 9.88 Å². The van der Waals surface area contributed by atoms with E-state index in [1.54, 1.807) is 12.0 Å². The smallest absolute Gasteiger partial charge is 0.320 e. The Hall–Kier alpha value is -2.60. The Morgan fingerprint density at radius 1 is 1.14 bits per heavy atom. The second-order valence-corrected chi connectivity index (χ2v) is 7.99. The summed E-state index contributed by atoms with van der Waals surface area (Å²) in [5.74, 6) is 1.76. The lowest BCUT2D eigenvalue weighted by Gasteiger charge is -2.32. The van der Waals surface area contributed by atoms with Crippen molar-refractivity contribution in [1.29, 1.82) is 0 Å². The monoisotopic (exact) mass is 380 g/mol. The number of aromatic nitrogens is 1. The summed E-state index contributed by atoms with van der Waals surface area (Å²) in [4.78, 5) is 23.5. The predicted molar refractivity (Wildman–Crippen MR) is 108 cm³/mol. The highest BCUT2D eigenvalue weighted by molar-refractivity contribution is 5.75. The van der Waals surface area contributed by atoms with E-state index in [4.69, 9.17) is 4.74 Å². The van der Waals surface area contributed by atoms with Gasteiger partial charge in [0.05, 0.1) is 18.8 Å². The van der Waals surface area contributed by atoms with Crippen molar-refractivity contribution in [3.8, 4) is 5.75 Å². The summed E-state index contributed by atoms with van der Waals surface area (Å²) in [5.41, 5.74) is 2.29. The highest BCUT2D eigenvalue weighted by atomic mass is 16.5. The minimum atomic E-state index is 0.0893. The van der Waals surface area contributed by atoms with Crippen molar-refractivity contribution in [2.75, 3.05) is 40.8 Å². The van der Waals surface area contributed by atoms with Gasteiger partial charge in [-0.1, -0.05) is 18.2 Å². The Labute approximate surface area is 166 Å². The quantitative estimate of drug-likeness (QED) is 0.818. The molecule has 2 amide bonds. The molecule has 2 aliphatic heterocycles. The Morgan fingerprint density at radius 2 is 1.93 bits per heavy atom. The van der Waals surface area contributed by atoms with Gasteiger partial charge < -0.3 is 14.5 Å². The van der Waals surface area contributed by atoms with E-state index in [-0.39, 0.29) is 12.1 Å². The Morgan fingerprint density at radius 3 is 2.57 bits per heavy atom. The lowest BCUT2D eigenvalue weighted by molar-refractivity contribution is 0.151. The van der Waals surface area contributed by atoms with Gasteiger partial charge in [-0.15, -0.1) is 0 Å². The zero-order chi connectivity index (χ0) is 19.7. The molecule has 3 atom stereocenters. The molecule has 0 saturated carbocycles. The largest absolute Gasteiger partial charge is 0.497 e. The van der Waals surface area contributed by atoms with Gasteiger partial charge in [0.15, 0.2) is 0 Å². The molecule has 6 nitrogen and oxygen atoms in total. The standard InChI is InChI=1S/C22H28N4O2/c1-24(2)22(27)26-13-17-12-25(14-18-6-4-5-11-23-18)15-20(17)21(26)16-7-9-19(28-3)10-8-16/h4-11,17,20-21H,12-15H2,1-3H3/t17-,20-,21+/m1/s1. The summed E-state index contributed by atoms with van der Waals surface area (Å²) >= 11 is 0. The van der Waals surface area contributed by atoms with Crippen LogP contribution < -0.4 is 4.74 Å². The number of amides is 2. The number of hydrogen-bond acceptors (Lipinski definition) is 4. The van der Waals surface area contributed by atoms with Gasteiger partial charge in [0, 0.05) is 52.4 Å². The lowest BCUT2D eigenvalue weighted by atomic mass is 9.89. The zero-order valence-corrected chi connectivity index (χ0v) is 16.8. The molecule has 0 aliphatic carbocycles. The number of carbonyl (C=O) groups is 1. The zero-order valence-electron chi connectivity index (χ0n) is 16.8. The van der Waals surface area contributed by atoms with Crippen LogP contribution in [-0.4, -0.2) is 66.6 Å². The van der Waals surface area contributed by atoms with E-state index in [0.717, 1.165) is 37.6 Å². The molecule has 4 rings (SSSR count). The molecule has 28 heavy (non-hydrogen) atoms. The SMILES string of the molecule is COc1ccc([C@H]2[C@@H]3CN(Cc4ccccn4)C[C@@H]3CN2C(=O)N(C)C)cc1. The summed E-state index contributed by atoms with van der Waals surface area (Å²) < 4.78 is 5.31. The van der Waals surface area contributed by atoms with Crippen LogP contribution in [0.3, 0.4) is 0 Å². The van der Waals surface area contributed by atoms with E-state index >= 15 is 0 Å². The third-order valence-corrected chi connectivity index (χ3v) is 5.94. The predicted octanol–water partition coefficient (Wildman–Crippen LogP) is 2.88. The number of methoxy groups -OCH3 is 1. The number of pyridine rings is 1. The molecule has 3 heterocycles. The molecule has 2 aliphatic rings. The van der Waals surface area contributed by atoms with Crippen molar-refractivity contribution < 1.29 is 9.53 Å². The van der Waals surface area contributed by atoms with Gasteiger partial charge in [-0.2, -0.15) is 0 Å². The number of hydrogen-bond donors (Lipinski definition) is 0. The van der Waals surface area contributed by atoms with Crippen molar-refractivity contribution in [1.82, 2.24) is 19.7 Å². The van der Waals surface area contributed by atoms with Crippen molar-refractivity contribution in [2.45, 2.75) is 12.6 Å². The summed E-state index contributed by atoms with van der Waals surface area (Å²) in [6.45, 7) is 3.65. The van der Waals surface area contributed by atoms with E-state index in [1.807, 2.05) is 44.6 Å². The number of urea groups is 1. The number of benzene rings is 1. The second kappa shape index (κ2) is 7.80. The Bertz CT molecular complexity index is 809. The van der Waals surface area contributed by atoms with Crippen LogP contribution in [0.2, 0.25) is 0 Å². The third kappa shape index (κ3) is 3.56. The first-order chi connectivity index (χ1) is 13.6. The van der Waals surface area contributed by atoms with Crippen molar-refractivity contribution in [3.05, 3.63) is 59.9 Å². The van der Waals surface area contributed by atoms with Gasteiger partial charge in [-0.05, 0) is 35.7 Å². The first kappa shape index (κ1) is 18.7. The summed E-state index contributed by atoms with van der Waals surface area (Å²) in [6.07, 6.45) is 1.85. The van der Waals surface area contributed by atoms with Gasteiger partial charge in [0.1, 0.15) is 5.75 Å². The summed E-state index contributed by atoms with van der Waals surface area (Å²) in [5, 5.41) is 0. The number of rotatable bonds is 4. The fourth-order valence-electron chi connectivity index (χ4n) is 4.67. The lowest BCUT2D eigenvalue weighted by Crippen LogP contribution is -2.41. The van der Waals surface area contributed by atoms with Gasteiger partial charge in [0.2, 0.25) is 0 Å². The number of likely N-dealkylation sites (tertiary alicyclic amines) is 2. The molecule has 2 fully saturated rings. The third-order valence-electron chi connectivity index (χ3n) is 5.94. The Balaban J connectivity index is 1.57. The van der Waals surface area contributed by atoms with Crippen LogP contribution in [-0.2, 0) is 6.54 Å². The molecule has 1 aromatic carbocycles. The van der Waals surface area contributed by atoms with E-state index in [2.05, 4.69) is 33.0 Å². The summed E-state index contributed by atoms with van der Waals surface area (Å²) in [6, 6.07) is 14.4. The second-order valence-electron chi connectivity index (χ2n) is 7.99. The van der Waals surface area contributed by atoms with Gasteiger partial charge in [0.25, 0.3) is 0 Å². The topological polar surface area (TPSA) is 48.9 Å². The molecule has 2 aromatic rings. The van der Waals surface area contributed by atoms with E-state index in [1.165, 1.54) is 5.56 Å². The number of carbonyl (C=O) groups excluding carboxylic acids is 1. The van der Waals surface area contributed by atoms with Crippen LogP contribution in [0, 0.1) is 11.8 Å². The molecule has 6 heteroatoms. The minimum Gasteiger partial charge on any atom is -0.497 e. The molecule has 0 unspecified atom stereocenters. The molecule has 0 bridgehead atoms. The maximum atomic E-state index is 12.9. The average Bonchev–Trinajstić information content (AvgIpc) is 3.25. The highest BCUT2D eigenvalue weighted by Gasteiger charge is 2.49. The highest BCUT2D eigenvalue weighted by Crippen LogP contribution is 2.45. The molecule has 0 spiro atoms. The molecule has 0 radical (unpaired) electrons. The van der Waals surface area contributed by atoms with E-state index in [0.29, 0.717) is 11.8 Å².